The molecule has 3 aliphatic rings. The van der Waals surface area contributed by atoms with Gasteiger partial charge < -0.3 is 30.6 Å². The fraction of sp³-hybridized carbons (Fsp3) is 0.676. The van der Waals surface area contributed by atoms with Gasteiger partial charge in [0.05, 0.1) is 6.33 Å². The molecule has 43 heavy (non-hydrogen) atoms. The molecule has 0 radical (unpaired) electrons. The third kappa shape index (κ3) is 8.46. The summed E-state index contributed by atoms with van der Waals surface area (Å²) < 4.78 is 8.24. The number of aryl methyl sites for hydroxylation is 1. The quantitative estimate of drug-likeness (QED) is 0.199. The van der Waals surface area contributed by atoms with Crippen LogP contribution in [0, 0.1) is 0 Å². The number of benzene rings is 1. The van der Waals surface area contributed by atoms with Crippen molar-refractivity contribution >= 4 is 22.9 Å². The summed E-state index contributed by atoms with van der Waals surface area (Å²) in [7, 11) is 0. The zero-order valence-corrected chi connectivity index (χ0v) is 25.9. The van der Waals surface area contributed by atoms with Gasteiger partial charge in [-0.15, -0.1) is 0 Å². The highest BCUT2D eigenvalue weighted by Gasteiger charge is 2.26. The summed E-state index contributed by atoms with van der Waals surface area (Å²) in [6, 6.07) is 12.3. The van der Waals surface area contributed by atoms with Crippen molar-refractivity contribution in [2.45, 2.75) is 114 Å². The van der Waals surface area contributed by atoms with Gasteiger partial charge in [-0.2, -0.15) is 9.97 Å². The molecule has 6 rings (SSSR count). The zero-order chi connectivity index (χ0) is 29.3. The lowest BCUT2D eigenvalue weighted by Crippen LogP contribution is -2.40. The van der Waals surface area contributed by atoms with Crippen LogP contribution in [0.25, 0.3) is 11.2 Å². The van der Waals surface area contributed by atoms with Crippen LogP contribution in [0.3, 0.4) is 0 Å². The normalized spacial score (nSPS) is 22.3. The third-order valence-corrected chi connectivity index (χ3v) is 9.78. The fourth-order valence-electron chi connectivity index (χ4n) is 7.14. The van der Waals surface area contributed by atoms with E-state index >= 15 is 0 Å². The van der Waals surface area contributed by atoms with Crippen LogP contribution < -0.4 is 16.4 Å². The maximum absolute atomic E-state index is 6.18. The highest BCUT2D eigenvalue weighted by Crippen LogP contribution is 2.34. The highest BCUT2D eigenvalue weighted by molar-refractivity contribution is 5.84. The molecule has 2 saturated carbocycles. The monoisotopic (exact) mass is 588 g/mol. The zero-order valence-electron chi connectivity index (χ0n) is 25.9. The minimum Gasteiger partial charge on any atom is -0.381 e. The largest absolute Gasteiger partial charge is 0.381 e. The van der Waals surface area contributed by atoms with E-state index < -0.39 is 0 Å². The summed E-state index contributed by atoms with van der Waals surface area (Å²) in [4.78, 5) is 17.5. The van der Waals surface area contributed by atoms with Gasteiger partial charge in [0, 0.05) is 57.0 Å². The number of unbranched alkanes of at least 4 members (excludes halogenated alkanes) is 1. The maximum atomic E-state index is 6.18. The van der Waals surface area contributed by atoms with E-state index in [-0.39, 0.29) is 0 Å². The first-order valence-corrected chi connectivity index (χ1v) is 17.1. The second-order valence-corrected chi connectivity index (χ2v) is 13.1. The second-order valence-electron chi connectivity index (χ2n) is 13.1. The molecule has 0 atom stereocenters. The number of anilines is 2. The summed E-state index contributed by atoms with van der Waals surface area (Å²) in [5.41, 5.74) is 9.47. The highest BCUT2D eigenvalue weighted by atomic mass is 16.5. The molecule has 3 aromatic rings. The van der Waals surface area contributed by atoms with Crippen molar-refractivity contribution in [2.75, 3.05) is 43.5 Å². The Kier molecular flexibility index (Phi) is 10.8. The van der Waals surface area contributed by atoms with Crippen molar-refractivity contribution in [3.05, 3.63) is 42.2 Å². The number of hydrogen-bond acceptors (Lipinski definition) is 8. The fourth-order valence-corrected chi connectivity index (χ4v) is 7.14. The van der Waals surface area contributed by atoms with Crippen molar-refractivity contribution in [1.82, 2.24) is 24.4 Å². The molecule has 1 aliphatic heterocycles. The van der Waals surface area contributed by atoms with Crippen molar-refractivity contribution < 1.29 is 4.74 Å². The van der Waals surface area contributed by atoms with Gasteiger partial charge in [-0.3, -0.25) is 0 Å². The number of imidazole rings is 1. The summed E-state index contributed by atoms with van der Waals surface area (Å²) in [6.45, 7) is 5.04. The molecule has 1 saturated heterocycles. The minimum absolute atomic E-state index is 0.329. The lowest BCUT2D eigenvalue weighted by Gasteiger charge is -2.32. The van der Waals surface area contributed by atoms with Gasteiger partial charge in [-0.05, 0) is 82.6 Å². The molecular formula is C34H52N8O. The average Bonchev–Trinajstić information content (AvgIpc) is 3.72. The van der Waals surface area contributed by atoms with Gasteiger partial charge in [-0.25, -0.2) is 4.98 Å². The Morgan fingerprint density at radius 1 is 0.814 bits per heavy atom. The number of piperidine rings is 1. The molecule has 3 fully saturated rings. The average molecular weight is 589 g/mol. The van der Waals surface area contributed by atoms with E-state index in [0.29, 0.717) is 24.2 Å². The summed E-state index contributed by atoms with van der Waals surface area (Å²) in [5, 5.41) is 7.46. The van der Waals surface area contributed by atoms with E-state index in [1.807, 2.05) is 6.33 Å². The van der Waals surface area contributed by atoms with Crippen LogP contribution in [0.15, 0.2) is 36.7 Å². The molecule has 9 heteroatoms. The van der Waals surface area contributed by atoms with Gasteiger partial charge in [0.1, 0.15) is 0 Å². The number of nitrogens with zero attached hydrogens (tertiary/aromatic N) is 5. The second kappa shape index (κ2) is 15.3. The lowest BCUT2D eigenvalue weighted by atomic mass is 9.92. The molecule has 4 N–H and O–H groups in total. The van der Waals surface area contributed by atoms with Crippen LogP contribution in [0.2, 0.25) is 0 Å². The van der Waals surface area contributed by atoms with Crippen molar-refractivity contribution in [3.63, 3.8) is 0 Å². The van der Waals surface area contributed by atoms with Crippen LogP contribution in [0.5, 0.6) is 0 Å². The Bertz CT molecular complexity index is 1240. The number of fused-ring (bicyclic) bond motifs is 1. The van der Waals surface area contributed by atoms with Crippen LogP contribution in [0.1, 0.15) is 95.1 Å². The van der Waals surface area contributed by atoms with Crippen molar-refractivity contribution in [2.24, 2.45) is 5.73 Å². The Hall–Kier alpha value is -2.75. The third-order valence-electron chi connectivity index (χ3n) is 9.78. The standard InChI is InChI=1S/C34H52N8O/c35-27-14-16-28(17-15-27)37-32-31-33(42(25-36-31)30-12-4-5-13-30)40-34(39-32)38-29-18-21-41(22-19-29)20-8-24-43-23-7-6-11-26-9-2-1-3-10-26/h1-3,9-10,25,27-30H,4-8,11-24,35H2,(H2,37,38,39,40). The Morgan fingerprint density at radius 2 is 1.56 bits per heavy atom. The number of likely N-dealkylation sites (tertiary alicyclic amines) is 1. The molecule has 3 heterocycles. The van der Waals surface area contributed by atoms with Gasteiger partial charge in [0.25, 0.3) is 0 Å². The SMILES string of the molecule is NC1CCC(Nc2nc(NC3CCN(CCCOCCCCc4ccccc4)CC3)nc3c2ncn3C2CCCC2)CC1. The predicted molar refractivity (Wildman–Crippen MR) is 175 cm³/mol. The van der Waals surface area contributed by atoms with Gasteiger partial charge >= 0.3 is 0 Å². The Morgan fingerprint density at radius 3 is 2.35 bits per heavy atom. The Balaban J connectivity index is 0.964. The summed E-state index contributed by atoms with van der Waals surface area (Å²) >= 11 is 0. The molecule has 0 spiro atoms. The molecule has 0 bridgehead atoms. The summed E-state index contributed by atoms with van der Waals surface area (Å²) in [6.07, 6.45) is 18.0. The molecule has 9 nitrogen and oxygen atoms in total. The minimum atomic E-state index is 0.329. The van der Waals surface area contributed by atoms with E-state index in [9.17, 15) is 0 Å². The number of ether oxygens (including phenoxy) is 1. The van der Waals surface area contributed by atoms with Gasteiger partial charge in [0.15, 0.2) is 17.0 Å². The van der Waals surface area contributed by atoms with E-state index in [2.05, 4.69) is 50.4 Å². The first-order valence-electron chi connectivity index (χ1n) is 17.1. The lowest BCUT2D eigenvalue weighted by molar-refractivity contribution is 0.113. The number of aromatic nitrogens is 4. The molecule has 0 amide bonds. The maximum Gasteiger partial charge on any atom is 0.227 e. The Labute approximate surface area is 257 Å². The first kappa shape index (κ1) is 30.3. The van der Waals surface area contributed by atoms with E-state index in [1.165, 1.54) is 37.7 Å². The van der Waals surface area contributed by atoms with E-state index in [1.54, 1.807) is 0 Å². The number of hydrogen-bond donors (Lipinski definition) is 3. The number of rotatable bonds is 14. The predicted octanol–water partition coefficient (Wildman–Crippen LogP) is 5.93. The van der Waals surface area contributed by atoms with E-state index in [4.69, 9.17) is 25.4 Å². The molecule has 0 unspecified atom stereocenters. The smallest absolute Gasteiger partial charge is 0.227 e. The number of nitrogens with two attached hydrogens (primary N) is 1. The molecule has 1 aromatic carbocycles. The molecule has 234 valence electrons. The van der Waals surface area contributed by atoms with Crippen LogP contribution in [-0.4, -0.2) is 75.4 Å². The van der Waals surface area contributed by atoms with Crippen LogP contribution in [-0.2, 0) is 11.2 Å². The topological polar surface area (TPSA) is 106 Å². The number of nitrogens with one attached hydrogen (secondary N) is 2. The first-order chi connectivity index (χ1) is 21.2. The van der Waals surface area contributed by atoms with Crippen LogP contribution >= 0.6 is 0 Å². The summed E-state index contributed by atoms with van der Waals surface area (Å²) in [5.74, 6) is 1.61. The van der Waals surface area contributed by atoms with Crippen LogP contribution in [0.4, 0.5) is 11.8 Å². The van der Waals surface area contributed by atoms with Gasteiger partial charge in [-0.1, -0.05) is 43.2 Å². The van der Waals surface area contributed by atoms with Crippen molar-refractivity contribution in [3.8, 4) is 0 Å². The molecular weight excluding hydrogens is 536 g/mol. The molecule has 2 aliphatic carbocycles. The molecule has 2 aromatic heterocycles. The van der Waals surface area contributed by atoms with E-state index in [0.717, 1.165) is 114 Å². The van der Waals surface area contributed by atoms with Gasteiger partial charge in [0.2, 0.25) is 5.95 Å². The van der Waals surface area contributed by atoms with Crippen molar-refractivity contribution in [1.29, 1.82) is 0 Å².